The fraction of sp³-hybridized carbons (Fsp3) is 0.818. The molecule has 0 aromatic carbocycles. The second kappa shape index (κ2) is 3.00. The lowest BCUT2D eigenvalue weighted by atomic mass is 9.86. The second-order valence-electron chi connectivity index (χ2n) is 4.21. The van der Waals surface area contributed by atoms with Crippen molar-refractivity contribution in [3.05, 3.63) is 12.2 Å². The van der Waals surface area contributed by atoms with Gasteiger partial charge in [0.05, 0.1) is 0 Å². The van der Waals surface area contributed by atoms with E-state index in [0.717, 1.165) is 17.8 Å². The summed E-state index contributed by atoms with van der Waals surface area (Å²) in [7, 11) is 0. The molecule has 62 valence electrons. The van der Waals surface area contributed by atoms with Gasteiger partial charge < -0.3 is 0 Å². The molecule has 0 heterocycles. The Labute approximate surface area is 69.7 Å². The van der Waals surface area contributed by atoms with Crippen LogP contribution < -0.4 is 0 Å². The molecule has 1 fully saturated rings. The molecule has 0 aromatic rings. The standard InChI is InChI=1S/C11H18/c1-2-9-7-10-5-3-4-6-11(10)8-9/h3-4,9-11H,2,5-8H2,1H3/t9?,10-,11+. The van der Waals surface area contributed by atoms with E-state index >= 15 is 0 Å². The number of hydrogen-bond acceptors (Lipinski definition) is 0. The van der Waals surface area contributed by atoms with Crippen LogP contribution in [0.1, 0.15) is 39.0 Å². The highest BCUT2D eigenvalue weighted by Crippen LogP contribution is 2.43. The van der Waals surface area contributed by atoms with Crippen molar-refractivity contribution in [3.8, 4) is 0 Å². The van der Waals surface area contributed by atoms with E-state index in [-0.39, 0.29) is 0 Å². The average Bonchev–Trinajstić information content (AvgIpc) is 2.46. The van der Waals surface area contributed by atoms with E-state index in [9.17, 15) is 0 Å². The number of fused-ring (bicyclic) bond motifs is 1. The molecule has 0 aliphatic heterocycles. The maximum atomic E-state index is 2.39. The summed E-state index contributed by atoms with van der Waals surface area (Å²) in [5.74, 6) is 3.18. The fourth-order valence-corrected chi connectivity index (χ4v) is 2.79. The summed E-state index contributed by atoms with van der Waals surface area (Å²) in [5, 5.41) is 0. The molecule has 2 aliphatic carbocycles. The van der Waals surface area contributed by atoms with Crippen LogP contribution in [-0.4, -0.2) is 0 Å². The molecule has 3 atom stereocenters. The van der Waals surface area contributed by atoms with E-state index in [1.54, 1.807) is 0 Å². The van der Waals surface area contributed by atoms with Crippen LogP contribution in [0, 0.1) is 17.8 Å². The molecule has 0 heteroatoms. The van der Waals surface area contributed by atoms with Gasteiger partial charge in [-0.15, -0.1) is 0 Å². The van der Waals surface area contributed by atoms with Crippen LogP contribution in [0.2, 0.25) is 0 Å². The first kappa shape index (κ1) is 7.39. The van der Waals surface area contributed by atoms with Gasteiger partial charge in [0.25, 0.3) is 0 Å². The monoisotopic (exact) mass is 150 g/mol. The van der Waals surface area contributed by atoms with E-state index in [4.69, 9.17) is 0 Å². The van der Waals surface area contributed by atoms with Crippen molar-refractivity contribution in [2.75, 3.05) is 0 Å². The Morgan fingerprint density at radius 3 is 2.09 bits per heavy atom. The van der Waals surface area contributed by atoms with Crippen LogP contribution >= 0.6 is 0 Å². The van der Waals surface area contributed by atoms with Gasteiger partial charge in [-0.05, 0) is 43.4 Å². The van der Waals surface area contributed by atoms with Gasteiger partial charge in [-0.3, -0.25) is 0 Å². The molecule has 2 rings (SSSR count). The number of hydrogen-bond donors (Lipinski definition) is 0. The third-order valence-electron chi connectivity index (χ3n) is 3.56. The molecule has 0 spiro atoms. The van der Waals surface area contributed by atoms with Crippen LogP contribution in [0.4, 0.5) is 0 Å². The molecule has 1 saturated carbocycles. The molecule has 0 amide bonds. The van der Waals surface area contributed by atoms with E-state index in [1.165, 1.54) is 32.1 Å². The Kier molecular flexibility index (Phi) is 2.02. The minimum absolute atomic E-state index is 1.06. The molecule has 1 unspecified atom stereocenters. The van der Waals surface area contributed by atoms with E-state index in [2.05, 4.69) is 19.1 Å². The average molecular weight is 150 g/mol. The molecule has 0 radical (unpaired) electrons. The minimum atomic E-state index is 1.06. The number of rotatable bonds is 1. The smallest absolute Gasteiger partial charge is 0.0319 e. The lowest BCUT2D eigenvalue weighted by Gasteiger charge is -2.19. The zero-order valence-electron chi connectivity index (χ0n) is 7.42. The van der Waals surface area contributed by atoms with E-state index in [0.29, 0.717) is 0 Å². The molecule has 0 aromatic heterocycles. The van der Waals surface area contributed by atoms with Gasteiger partial charge in [-0.2, -0.15) is 0 Å². The highest BCUT2D eigenvalue weighted by Gasteiger charge is 2.32. The first-order valence-electron chi connectivity index (χ1n) is 5.05. The highest BCUT2D eigenvalue weighted by atomic mass is 14.4. The van der Waals surface area contributed by atoms with Gasteiger partial charge in [-0.25, -0.2) is 0 Å². The van der Waals surface area contributed by atoms with E-state index < -0.39 is 0 Å². The van der Waals surface area contributed by atoms with Gasteiger partial charge in [0.2, 0.25) is 0 Å². The molecule has 0 N–H and O–H groups in total. The topological polar surface area (TPSA) is 0 Å². The summed E-state index contributed by atoms with van der Waals surface area (Å²) < 4.78 is 0. The summed E-state index contributed by atoms with van der Waals surface area (Å²) in [6.45, 7) is 2.34. The van der Waals surface area contributed by atoms with Crippen LogP contribution in [-0.2, 0) is 0 Å². The largest absolute Gasteiger partial charge is 0.0882 e. The Morgan fingerprint density at radius 2 is 1.64 bits per heavy atom. The van der Waals surface area contributed by atoms with Crippen molar-refractivity contribution in [1.82, 2.24) is 0 Å². The quantitative estimate of drug-likeness (QED) is 0.503. The van der Waals surface area contributed by atoms with Gasteiger partial charge >= 0.3 is 0 Å². The summed E-state index contributed by atoms with van der Waals surface area (Å²) in [6.07, 6.45) is 12.0. The Morgan fingerprint density at radius 1 is 1.09 bits per heavy atom. The van der Waals surface area contributed by atoms with Crippen molar-refractivity contribution in [2.24, 2.45) is 17.8 Å². The lowest BCUT2D eigenvalue weighted by Crippen LogP contribution is -2.08. The first-order valence-corrected chi connectivity index (χ1v) is 5.05. The SMILES string of the molecule is CCC1C[C@H]2CC=CC[C@H]2C1. The van der Waals surface area contributed by atoms with Crippen LogP contribution in [0.3, 0.4) is 0 Å². The minimum Gasteiger partial charge on any atom is -0.0882 e. The van der Waals surface area contributed by atoms with Gasteiger partial charge in [0.15, 0.2) is 0 Å². The molecule has 0 bridgehead atoms. The summed E-state index contributed by atoms with van der Waals surface area (Å²) in [6, 6.07) is 0. The maximum Gasteiger partial charge on any atom is -0.0319 e. The Hall–Kier alpha value is -0.260. The molecule has 11 heavy (non-hydrogen) atoms. The summed E-state index contributed by atoms with van der Waals surface area (Å²) in [4.78, 5) is 0. The van der Waals surface area contributed by atoms with Crippen LogP contribution in [0.15, 0.2) is 12.2 Å². The molecule has 0 saturated heterocycles. The normalized spacial score (nSPS) is 42.5. The van der Waals surface area contributed by atoms with Gasteiger partial charge in [0.1, 0.15) is 0 Å². The molecule has 0 nitrogen and oxygen atoms in total. The fourth-order valence-electron chi connectivity index (χ4n) is 2.79. The first-order chi connectivity index (χ1) is 5.40. The predicted molar refractivity (Wildman–Crippen MR) is 48.4 cm³/mol. The molecular weight excluding hydrogens is 132 g/mol. The third kappa shape index (κ3) is 1.36. The van der Waals surface area contributed by atoms with Gasteiger partial charge in [-0.1, -0.05) is 25.5 Å². The van der Waals surface area contributed by atoms with Crippen molar-refractivity contribution >= 4 is 0 Å². The zero-order chi connectivity index (χ0) is 7.68. The maximum absolute atomic E-state index is 2.39. The van der Waals surface area contributed by atoms with Crippen molar-refractivity contribution in [1.29, 1.82) is 0 Å². The van der Waals surface area contributed by atoms with Crippen LogP contribution in [0.25, 0.3) is 0 Å². The summed E-state index contributed by atoms with van der Waals surface area (Å²) >= 11 is 0. The van der Waals surface area contributed by atoms with Crippen molar-refractivity contribution in [2.45, 2.75) is 39.0 Å². The Balaban J connectivity index is 1.98. The highest BCUT2D eigenvalue weighted by molar-refractivity contribution is 4.98. The zero-order valence-corrected chi connectivity index (χ0v) is 7.42. The lowest BCUT2D eigenvalue weighted by molar-refractivity contribution is 0.380. The third-order valence-corrected chi connectivity index (χ3v) is 3.56. The van der Waals surface area contributed by atoms with Crippen LogP contribution in [0.5, 0.6) is 0 Å². The molecular formula is C11H18. The van der Waals surface area contributed by atoms with Crippen molar-refractivity contribution < 1.29 is 0 Å². The molecule has 2 aliphatic rings. The van der Waals surface area contributed by atoms with Gasteiger partial charge in [0, 0.05) is 0 Å². The predicted octanol–water partition coefficient (Wildman–Crippen LogP) is 3.39. The second-order valence-corrected chi connectivity index (χ2v) is 4.21. The Bertz CT molecular complexity index is 141. The van der Waals surface area contributed by atoms with Crippen molar-refractivity contribution in [3.63, 3.8) is 0 Å². The van der Waals surface area contributed by atoms with E-state index in [1.807, 2.05) is 0 Å². The summed E-state index contributed by atoms with van der Waals surface area (Å²) in [5.41, 5.74) is 0. The number of allylic oxidation sites excluding steroid dienone is 2.